The molecular weight excluding hydrogens is 286 g/mol. The fourth-order valence-electron chi connectivity index (χ4n) is 2.02. The molecule has 0 bridgehead atoms. The zero-order chi connectivity index (χ0) is 15.2. The molecule has 0 aliphatic rings. The van der Waals surface area contributed by atoms with Gasteiger partial charge in [-0.15, -0.1) is 11.3 Å². The fraction of sp³-hybridized carbons (Fsp3) is 0.400. The third kappa shape index (κ3) is 4.01. The summed E-state index contributed by atoms with van der Waals surface area (Å²) >= 11 is 1.70. The molecule has 5 nitrogen and oxygen atoms in total. The maximum Gasteiger partial charge on any atom is 0.341 e. The fourth-order valence-corrected chi connectivity index (χ4v) is 2.96. The van der Waals surface area contributed by atoms with Gasteiger partial charge in [-0.25, -0.2) is 14.8 Å². The molecule has 0 aliphatic carbocycles. The topological polar surface area (TPSA) is 64.1 Å². The molecule has 1 N–H and O–H groups in total. The van der Waals surface area contributed by atoms with Crippen molar-refractivity contribution in [1.82, 2.24) is 9.97 Å². The van der Waals surface area contributed by atoms with Crippen LogP contribution in [-0.4, -0.2) is 29.1 Å². The summed E-state index contributed by atoms with van der Waals surface area (Å²) in [6.07, 6.45) is 2.52. The molecular formula is C15H19N3O2S. The Labute approximate surface area is 128 Å². The van der Waals surface area contributed by atoms with Gasteiger partial charge in [0.15, 0.2) is 0 Å². The van der Waals surface area contributed by atoms with Crippen molar-refractivity contribution in [2.75, 3.05) is 18.5 Å². The standard InChI is InChI=1S/C15H19N3O2S/c1-4-20-15(19)12-6-5-8-16-14(12)17-9-7-13-10(2)18-11(3)21-13/h5-6,8H,4,7,9H2,1-3H3,(H,16,17). The van der Waals surface area contributed by atoms with Crippen LogP contribution < -0.4 is 5.32 Å². The molecule has 0 atom stereocenters. The first-order valence-corrected chi connectivity index (χ1v) is 7.72. The Hall–Kier alpha value is -1.95. The van der Waals surface area contributed by atoms with Gasteiger partial charge in [0.2, 0.25) is 0 Å². The van der Waals surface area contributed by atoms with Crippen molar-refractivity contribution in [2.45, 2.75) is 27.2 Å². The summed E-state index contributed by atoms with van der Waals surface area (Å²) in [4.78, 5) is 21.7. The normalized spacial score (nSPS) is 10.4. The minimum atomic E-state index is -0.349. The number of pyridine rings is 1. The zero-order valence-electron chi connectivity index (χ0n) is 12.5. The summed E-state index contributed by atoms with van der Waals surface area (Å²) in [5.41, 5.74) is 1.54. The Morgan fingerprint density at radius 3 is 2.90 bits per heavy atom. The van der Waals surface area contributed by atoms with E-state index in [1.165, 1.54) is 4.88 Å². The second-order valence-corrected chi connectivity index (χ2v) is 5.83. The maximum atomic E-state index is 11.8. The van der Waals surface area contributed by atoms with Crippen LogP contribution in [0.3, 0.4) is 0 Å². The molecule has 2 aromatic heterocycles. The number of thiazole rings is 1. The second-order valence-electron chi connectivity index (χ2n) is 4.54. The van der Waals surface area contributed by atoms with E-state index in [1.807, 2.05) is 13.8 Å². The molecule has 0 spiro atoms. The van der Waals surface area contributed by atoms with Crippen LogP contribution in [0.25, 0.3) is 0 Å². The molecule has 2 rings (SSSR count). The number of aromatic nitrogens is 2. The molecule has 2 aromatic rings. The Kier molecular flexibility index (Phi) is 5.27. The minimum Gasteiger partial charge on any atom is -0.462 e. The molecule has 6 heteroatoms. The summed E-state index contributed by atoms with van der Waals surface area (Å²) in [6, 6.07) is 3.45. The van der Waals surface area contributed by atoms with Crippen molar-refractivity contribution in [3.63, 3.8) is 0 Å². The molecule has 0 aliphatic heterocycles. The predicted octanol–water partition coefficient (Wildman–Crippen LogP) is 2.99. The van der Waals surface area contributed by atoms with Crippen LogP contribution in [-0.2, 0) is 11.2 Å². The SMILES string of the molecule is CCOC(=O)c1cccnc1NCCc1sc(C)nc1C. The summed E-state index contributed by atoms with van der Waals surface area (Å²) in [7, 11) is 0. The number of hydrogen-bond donors (Lipinski definition) is 1. The molecule has 0 radical (unpaired) electrons. The van der Waals surface area contributed by atoms with Crippen molar-refractivity contribution in [1.29, 1.82) is 0 Å². The molecule has 0 fully saturated rings. The maximum absolute atomic E-state index is 11.8. The molecule has 0 saturated heterocycles. The zero-order valence-corrected chi connectivity index (χ0v) is 13.3. The number of hydrogen-bond acceptors (Lipinski definition) is 6. The number of nitrogens with one attached hydrogen (secondary N) is 1. The lowest BCUT2D eigenvalue weighted by molar-refractivity contribution is 0.0527. The molecule has 0 unspecified atom stereocenters. The van der Waals surface area contributed by atoms with E-state index in [0.29, 0.717) is 24.5 Å². The molecule has 2 heterocycles. The summed E-state index contributed by atoms with van der Waals surface area (Å²) in [5.74, 6) is 0.216. The van der Waals surface area contributed by atoms with Gasteiger partial charge < -0.3 is 10.1 Å². The van der Waals surface area contributed by atoms with Gasteiger partial charge in [0.25, 0.3) is 0 Å². The first kappa shape index (κ1) is 15.4. The quantitative estimate of drug-likeness (QED) is 0.831. The van der Waals surface area contributed by atoms with Gasteiger partial charge in [0, 0.05) is 24.0 Å². The minimum absolute atomic E-state index is 0.349. The van der Waals surface area contributed by atoms with E-state index in [9.17, 15) is 4.79 Å². The summed E-state index contributed by atoms with van der Waals surface area (Å²) in [5, 5.41) is 4.28. The van der Waals surface area contributed by atoms with Crippen LogP contribution in [0.5, 0.6) is 0 Å². The van der Waals surface area contributed by atoms with Gasteiger partial charge in [-0.1, -0.05) is 0 Å². The monoisotopic (exact) mass is 305 g/mol. The van der Waals surface area contributed by atoms with Crippen molar-refractivity contribution in [2.24, 2.45) is 0 Å². The molecule has 0 amide bonds. The van der Waals surface area contributed by atoms with Crippen molar-refractivity contribution in [3.8, 4) is 0 Å². The van der Waals surface area contributed by atoms with Gasteiger partial charge in [-0.2, -0.15) is 0 Å². The summed E-state index contributed by atoms with van der Waals surface area (Å²) in [6.45, 7) is 6.87. The highest BCUT2D eigenvalue weighted by Gasteiger charge is 2.13. The van der Waals surface area contributed by atoms with E-state index in [1.54, 1.807) is 36.6 Å². The summed E-state index contributed by atoms with van der Waals surface area (Å²) < 4.78 is 5.03. The van der Waals surface area contributed by atoms with Crippen molar-refractivity contribution in [3.05, 3.63) is 39.5 Å². The van der Waals surface area contributed by atoms with E-state index in [2.05, 4.69) is 15.3 Å². The van der Waals surface area contributed by atoms with E-state index in [4.69, 9.17) is 4.74 Å². The van der Waals surface area contributed by atoms with E-state index >= 15 is 0 Å². The Morgan fingerprint density at radius 1 is 1.43 bits per heavy atom. The third-order valence-corrected chi connectivity index (χ3v) is 4.08. The number of nitrogens with zero attached hydrogens (tertiary/aromatic N) is 2. The van der Waals surface area contributed by atoms with Gasteiger partial charge >= 0.3 is 5.97 Å². The molecule has 0 saturated carbocycles. The van der Waals surface area contributed by atoms with Crippen LogP contribution in [0.15, 0.2) is 18.3 Å². The van der Waals surface area contributed by atoms with Crippen molar-refractivity contribution >= 4 is 23.1 Å². The third-order valence-electron chi connectivity index (χ3n) is 2.95. The molecule has 0 aromatic carbocycles. The average molecular weight is 305 g/mol. The highest BCUT2D eigenvalue weighted by Crippen LogP contribution is 2.18. The number of carbonyl (C=O) groups excluding carboxylic acids is 1. The number of carbonyl (C=O) groups is 1. The molecule has 112 valence electrons. The number of anilines is 1. The van der Waals surface area contributed by atoms with E-state index < -0.39 is 0 Å². The van der Waals surface area contributed by atoms with Gasteiger partial charge in [-0.05, 0) is 32.9 Å². The lowest BCUT2D eigenvalue weighted by Crippen LogP contribution is -2.13. The molecule has 21 heavy (non-hydrogen) atoms. The van der Waals surface area contributed by atoms with Crippen LogP contribution >= 0.6 is 11.3 Å². The predicted molar refractivity (Wildman–Crippen MR) is 84.0 cm³/mol. The highest BCUT2D eigenvalue weighted by atomic mass is 32.1. The van der Waals surface area contributed by atoms with Gasteiger partial charge in [0.1, 0.15) is 11.4 Å². The second kappa shape index (κ2) is 7.17. The average Bonchev–Trinajstić information content (AvgIpc) is 2.78. The van der Waals surface area contributed by atoms with Crippen molar-refractivity contribution < 1.29 is 9.53 Å². The number of esters is 1. The number of ether oxygens (including phenoxy) is 1. The highest BCUT2D eigenvalue weighted by molar-refractivity contribution is 7.11. The van der Waals surface area contributed by atoms with Crippen LogP contribution in [0.4, 0.5) is 5.82 Å². The Morgan fingerprint density at radius 2 is 2.24 bits per heavy atom. The lowest BCUT2D eigenvalue weighted by Gasteiger charge is -2.09. The van der Waals surface area contributed by atoms with Crippen LogP contribution in [0, 0.1) is 13.8 Å². The van der Waals surface area contributed by atoms with Crippen LogP contribution in [0.1, 0.15) is 32.9 Å². The van der Waals surface area contributed by atoms with Gasteiger partial charge in [0.05, 0.1) is 17.3 Å². The number of aryl methyl sites for hydroxylation is 2. The van der Waals surface area contributed by atoms with E-state index in [-0.39, 0.29) is 5.97 Å². The first-order valence-electron chi connectivity index (χ1n) is 6.90. The Balaban J connectivity index is 2.00. The Bertz CT molecular complexity index is 625. The smallest absolute Gasteiger partial charge is 0.341 e. The number of rotatable bonds is 6. The van der Waals surface area contributed by atoms with Crippen LogP contribution in [0.2, 0.25) is 0 Å². The largest absolute Gasteiger partial charge is 0.462 e. The van der Waals surface area contributed by atoms with Gasteiger partial charge in [-0.3, -0.25) is 0 Å². The van der Waals surface area contributed by atoms with E-state index in [0.717, 1.165) is 17.1 Å². The first-order chi connectivity index (χ1) is 10.1. The lowest BCUT2D eigenvalue weighted by atomic mass is 10.2.